The smallest absolute Gasteiger partial charge is 0.306 e. The second-order valence-corrected chi connectivity index (χ2v) is 16.7. The van der Waals surface area contributed by atoms with Crippen molar-refractivity contribution >= 4 is 17.9 Å². The minimum absolute atomic E-state index is 0.123. The average molecular weight is 899 g/mol. The summed E-state index contributed by atoms with van der Waals surface area (Å²) in [4.78, 5) is 38.0. The molecule has 0 amide bonds. The van der Waals surface area contributed by atoms with Crippen molar-refractivity contribution in [2.45, 2.75) is 219 Å². The third kappa shape index (κ3) is 50.7. The molecule has 0 aromatic carbocycles. The number of hydrogen-bond donors (Lipinski definition) is 0. The molecular formula is C59H94O6. The van der Waals surface area contributed by atoms with Gasteiger partial charge in [0, 0.05) is 19.3 Å². The Morgan fingerprint density at radius 1 is 0.323 bits per heavy atom. The first-order valence-electron chi connectivity index (χ1n) is 26.0. The average Bonchev–Trinajstić information content (AvgIpc) is 3.30. The van der Waals surface area contributed by atoms with Gasteiger partial charge in [-0.2, -0.15) is 0 Å². The van der Waals surface area contributed by atoms with Crippen LogP contribution in [0.15, 0.2) is 122 Å². The lowest BCUT2D eigenvalue weighted by Gasteiger charge is -2.18. The molecule has 366 valence electrons. The molecule has 6 nitrogen and oxygen atoms in total. The zero-order chi connectivity index (χ0) is 47.2. The fourth-order valence-corrected chi connectivity index (χ4v) is 6.59. The highest BCUT2D eigenvalue weighted by molar-refractivity contribution is 5.71. The third-order valence-corrected chi connectivity index (χ3v) is 10.4. The minimum Gasteiger partial charge on any atom is -0.462 e. The fraction of sp³-hybridized carbons (Fsp3) is 0.610. The van der Waals surface area contributed by atoms with Gasteiger partial charge in [0.05, 0.1) is 0 Å². The second kappa shape index (κ2) is 52.4. The van der Waals surface area contributed by atoms with Gasteiger partial charge < -0.3 is 14.2 Å². The topological polar surface area (TPSA) is 78.9 Å². The number of carbonyl (C=O) groups is 3. The summed E-state index contributed by atoms with van der Waals surface area (Å²) in [5, 5.41) is 0. The van der Waals surface area contributed by atoms with Gasteiger partial charge in [0.15, 0.2) is 6.10 Å². The van der Waals surface area contributed by atoms with Crippen molar-refractivity contribution in [2.75, 3.05) is 13.2 Å². The van der Waals surface area contributed by atoms with Gasteiger partial charge in [-0.1, -0.05) is 200 Å². The Morgan fingerprint density at radius 2 is 0.631 bits per heavy atom. The summed E-state index contributed by atoms with van der Waals surface area (Å²) in [5.74, 6) is -1.05. The number of unbranched alkanes of at least 4 members (excludes halogenated alkanes) is 14. The molecule has 1 unspecified atom stereocenters. The van der Waals surface area contributed by atoms with Crippen molar-refractivity contribution in [3.05, 3.63) is 122 Å². The van der Waals surface area contributed by atoms with E-state index in [2.05, 4.69) is 130 Å². The molecule has 0 aromatic rings. The van der Waals surface area contributed by atoms with E-state index < -0.39 is 6.10 Å². The minimum atomic E-state index is -0.828. The zero-order valence-corrected chi connectivity index (χ0v) is 41.7. The Labute approximate surface area is 399 Å². The number of esters is 3. The van der Waals surface area contributed by atoms with Crippen LogP contribution in [0.2, 0.25) is 0 Å². The normalized spacial score (nSPS) is 13.1. The summed E-state index contributed by atoms with van der Waals surface area (Å²) in [7, 11) is 0. The predicted molar refractivity (Wildman–Crippen MR) is 279 cm³/mol. The second-order valence-electron chi connectivity index (χ2n) is 16.7. The first kappa shape index (κ1) is 60.8. The van der Waals surface area contributed by atoms with Gasteiger partial charge in [-0.3, -0.25) is 14.4 Å². The zero-order valence-electron chi connectivity index (χ0n) is 41.7. The Balaban J connectivity index is 4.56. The highest BCUT2D eigenvalue weighted by atomic mass is 16.6. The van der Waals surface area contributed by atoms with Crippen LogP contribution in [-0.4, -0.2) is 37.2 Å². The van der Waals surface area contributed by atoms with E-state index in [1.54, 1.807) is 0 Å². The summed E-state index contributed by atoms with van der Waals surface area (Å²) in [6, 6.07) is 0. The number of allylic oxidation sites excluding steroid dienone is 20. The van der Waals surface area contributed by atoms with Crippen LogP contribution in [0.3, 0.4) is 0 Å². The molecular weight excluding hydrogens is 805 g/mol. The molecule has 0 aromatic heterocycles. The van der Waals surface area contributed by atoms with E-state index in [1.165, 1.54) is 51.4 Å². The first-order valence-corrected chi connectivity index (χ1v) is 26.0. The van der Waals surface area contributed by atoms with Crippen LogP contribution in [0.25, 0.3) is 0 Å². The molecule has 0 aliphatic rings. The van der Waals surface area contributed by atoms with E-state index >= 15 is 0 Å². The molecule has 0 aliphatic heterocycles. The lowest BCUT2D eigenvalue weighted by atomic mass is 10.1. The molecule has 0 saturated carbocycles. The van der Waals surface area contributed by atoms with Crippen LogP contribution in [0.5, 0.6) is 0 Å². The molecule has 0 saturated heterocycles. The Kier molecular flexibility index (Phi) is 49.1. The Bertz CT molecular complexity index is 1400. The SMILES string of the molecule is CC/C=C\C/C=C\C/C=C\C/C=C\C/C=C\C/C=C\CCC(=O)OCC(COC(=O)CCCCC/C=C\C/C=C\C/C=C\CC)OC(=O)CCCCCCC/C=C\CCCCCCCC. The molecule has 0 N–H and O–H groups in total. The molecule has 0 bridgehead atoms. The molecule has 0 heterocycles. The van der Waals surface area contributed by atoms with Crippen molar-refractivity contribution in [1.82, 2.24) is 0 Å². The number of hydrogen-bond acceptors (Lipinski definition) is 6. The monoisotopic (exact) mass is 899 g/mol. The lowest BCUT2D eigenvalue weighted by molar-refractivity contribution is -0.166. The van der Waals surface area contributed by atoms with Gasteiger partial charge in [0.2, 0.25) is 0 Å². The quantitative estimate of drug-likeness (QED) is 0.0262. The van der Waals surface area contributed by atoms with E-state index in [-0.39, 0.29) is 37.5 Å². The van der Waals surface area contributed by atoms with Crippen LogP contribution in [0.1, 0.15) is 213 Å². The Hall–Kier alpha value is -4.19. The van der Waals surface area contributed by atoms with Crippen LogP contribution in [-0.2, 0) is 28.6 Å². The molecule has 6 heteroatoms. The maximum absolute atomic E-state index is 12.8. The maximum Gasteiger partial charge on any atom is 0.306 e. The molecule has 0 rings (SSSR count). The predicted octanol–water partition coefficient (Wildman–Crippen LogP) is 17.3. The van der Waals surface area contributed by atoms with Gasteiger partial charge in [0.25, 0.3) is 0 Å². The number of ether oxygens (including phenoxy) is 3. The molecule has 65 heavy (non-hydrogen) atoms. The van der Waals surface area contributed by atoms with Crippen molar-refractivity contribution in [2.24, 2.45) is 0 Å². The van der Waals surface area contributed by atoms with Gasteiger partial charge in [-0.25, -0.2) is 0 Å². The number of rotatable bonds is 45. The largest absolute Gasteiger partial charge is 0.462 e. The standard InChI is InChI=1S/C59H94O6/c1-4-7-10-13-16-19-22-25-27-28-29-30-32-34-37-40-43-46-49-52-58(61)64-55-56(54-63-57(60)51-48-45-42-39-36-33-24-21-18-15-12-9-6-3)65-59(62)53-50-47-44-41-38-35-31-26-23-20-17-14-11-8-5-2/h7,9-10,12,16,18-19,21,25-27,29-31,33-34,36-37,43,46,56H,4-6,8,11,13-15,17,20,22-24,28,32,35,38-42,44-45,47-55H2,1-3H3/b10-7-,12-9-,19-16-,21-18-,27-25-,30-29-,31-26-,36-33-,37-34-,46-43-. The fourth-order valence-electron chi connectivity index (χ4n) is 6.59. The molecule has 0 aliphatic carbocycles. The summed E-state index contributed by atoms with van der Waals surface area (Å²) in [5.41, 5.74) is 0. The summed E-state index contributed by atoms with van der Waals surface area (Å²) in [6.07, 6.45) is 72.0. The van der Waals surface area contributed by atoms with Crippen molar-refractivity contribution in [1.29, 1.82) is 0 Å². The van der Waals surface area contributed by atoms with E-state index in [1.807, 2.05) is 12.2 Å². The highest BCUT2D eigenvalue weighted by Crippen LogP contribution is 2.12. The van der Waals surface area contributed by atoms with E-state index in [0.717, 1.165) is 116 Å². The van der Waals surface area contributed by atoms with E-state index in [0.29, 0.717) is 19.3 Å². The molecule has 1 atom stereocenters. The summed E-state index contributed by atoms with van der Waals surface area (Å²) in [6.45, 7) is 6.29. The number of carbonyl (C=O) groups excluding carboxylic acids is 3. The van der Waals surface area contributed by atoms with Crippen molar-refractivity contribution < 1.29 is 28.6 Å². The van der Waals surface area contributed by atoms with E-state index in [4.69, 9.17) is 14.2 Å². The van der Waals surface area contributed by atoms with Crippen molar-refractivity contribution in [3.63, 3.8) is 0 Å². The van der Waals surface area contributed by atoms with Crippen LogP contribution < -0.4 is 0 Å². The lowest BCUT2D eigenvalue weighted by Crippen LogP contribution is -2.30. The van der Waals surface area contributed by atoms with Crippen LogP contribution in [0.4, 0.5) is 0 Å². The molecule has 0 radical (unpaired) electrons. The molecule has 0 fully saturated rings. The van der Waals surface area contributed by atoms with Gasteiger partial charge in [-0.15, -0.1) is 0 Å². The molecule has 0 spiro atoms. The Morgan fingerprint density at radius 3 is 1.06 bits per heavy atom. The third-order valence-electron chi connectivity index (χ3n) is 10.4. The van der Waals surface area contributed by atoms with Gasteiger partial charge in [0.1, 0.15) is 13.2 Å². The highest BCUT2D eigenvalue weighted by Gasteiger charge is 2.19. The van der Waals surface area contributed by atoms with Gasteiger partial charge in [-0.05, 0) is 116 Å². The first-order chi connectivity index (χ1) is 32.0. The maximum atomic E-state index is 12.8. The van der Waals surface area contributed by atoms with Gasteiger partial charge >= 0.3 is 17.9 Å². The van der Waals surface area contributed by atoms with Crippen LogP contribution in [0, 0.1) is 0 Å². The van der Waals surface area contributed by atoms with E-state index in [9.17, 15) is 14.4 Å². The summed E-state index contributed by atoms with van der Waals surface area (Å²) < 4.78 is 16.7. The van der Waals surface area contributed by atoms with Crippen molar-refractivity contribution in [3.8, 4) is 0 Å². The summed E-state index contributed by atoms with van der Waals surface area (Å²) >= 11 is 0. The van der Waals surface area contributed by atoms with Crippen LogP contribution >= 0.6 is 0 Å².